The van der Waals surface area contributed by atoms with Crippen LogP contribution >= 0.6 is 23.1 Å². The molecule has 1 unspecified atom stereocenters. The molecule has 1 aliphatic carbocycles. The standard InChI is InChI=1S/C17H20N4OS2/c1-11(23-17-19-8-9-21(17)2)15(22)20-16-13(10-18)12-6-4-3-5-7-14(12)24-16/h8-9,11H,3-7H2,1-2H3,(H,20,22). The largest absolute Gasteiger partial charge is 0.329 e. The Morgan fingerprint density at radius 2 is 2.25 bits per heavy atom. The van der Waals surface area contributed by atoms with Crippen LogP contribution in [-0.4, -0.2) is 20.7 Å². The molecule has 0 aromatic carbocycles. The Bertz CT molecular complexity index is 787. The quantitative estimate of drug-likeness (QED) is 0.666. The topological polar surface area (TPSA) is 70.7 Å². The van der Waals surface area contributed by atoms with Crippen LogP contribution in [0.5, 0.6) is 0 Å². The number of imidazole rings is 1. The van der Waals surface area contributed by atoms with Crippen LogP contribution in [0.15, 0.2) is 17.6 Å². The zero-order valence-corrected chi connectivity index (χ0v) is 15.5. The highest BCUT2D eigenvalue weighted by atomic mass is 32.2. The summed E-state index contributed by atoms with van der Waals surface area (Å²) in [4.78, 5) is 18.0. The van der Waals surface area contributed by atoms with Crippen LogP contribution < -0.4 is 5.32 Å². The zero-order chi connectivity index (χ0) is 17.1. The molecule has 0 saturated heterocycles. The van der Waals surface area contributed by atoms with Gasteiger partial charge in [0.15, 0.2) is 5.16 Å². The van der Waals surface area contributed by atoms with Crippen LogP contribution in [0, 0.1) is 11.3 Å². The SMILES string of the molecule is CC(Sc1nccn1C)C(=O)Nc1sc2c(c1C#N)CCCCC2. The smallest absolute Gasteiger partial charge is 0.238 e. The van der Waals surface area contributed by atoms with Gasteiger partial charge in [0, 0.05) is 24.3 Å². The van der Waals surface area contributed by atoms with Gasteiger partial charge in [0.05, 0.1) is 10.8 Å². The summed E-state index contributed by atoms with van der Waals surface area (Å²) >= 11 is 2.99. The highest BCUT2D eigenvalue weighted by molar-refractivity contribution is 8.00. The molecular weight excluding hydrogens is 340 g/mol. The van der Waals surface area contributed by atoms with Crippen molar-refractivity contribution >= 4 is 34.0 Å². The van der Waals surface area contributed by atoms with Gasteiger partial charge >= 0.3 is 0 Å². The fraction of sp³-hybridized carbons (Fsp3) is 0.471. The number of thiophene rings is 1. The molecule has 2 aromatic rings. The van der Waals surface area contributed by atoms with Gasteiger partial charge in [-0.3, -0.25) is 4.79 Å². The van der Waals surface area contributed by atoms with Crippen molar-refractivity contribution in [3.63, 3.8) is 0 Å². The molecular formula is C17H20N4OS2. The number of aryl methyl sites for hydroxylation is 2. The molecule has 2 aromatic heterocycles. The van der Waals surface area contributed by atoms with Crippen LogP contribution in [0.4, 0.5) is 5.00 Å². The van der Waals surface area contributed by atoms with E-state index < -0.39 is 0 Å². The van der Waals surface area contributed by atoms with E-state index in [1.54, 1.807) is 17.5 Å². The minimum atomic E-state index is -0.278. The summed E-state index contributed by atoms with van der Waals surface area (Å²) in [5.41, 5.74) is 1.82. The normalized spacial score (nSPS) is 15.2. The molecule has 0 aliphatic heterocycles. The lowest BCUT2D eigenvalue weighted by atomic mass is 10.1. The monoisotopic (exact) mass is 360 g/mol. The fourth-order valence-corrected chi connectivity index (χ4v) is 4.91. The van der Waals surface area contributed by atoms with Crippen LogP contribution in [0.25, 0.3) is 0 Å². The summed E-state index contributed by atoms with van der Waals surface area (Å²) in [6.07, 6.45) is 9.04. The van der Waals surface area contributed by atoms with E-state index in [2.05, 4.69) is 16.4 Å². The first-order valence-corrected chi connectivity index (χ1v) is 9.79. The Labute approximate surface area is 150 Å². The maximum Gasteiger partial charge on any atom is 0.238 e. The highest BCUT2D eigenvalue weighted by Crippen LogP contribution is 2.37. The van der Waals surface area contributed by atoms with E-state index in [0.717, 1.165) is 36.4 Å². The number of aromatic nitrogens is 2. The second-order valence-corrected chi connectivity index (χ2v) is 8.36. The average molecular weight is 361 g/mol. The molecule has 1 N–H and O–H groups in total. The van der Waals surface area contributed by atoms with E-state index in [0.29, 0.717) is 10.6 Å². The maximum absolute atomic E-state index is 12.5. The van der Waals surface area contributed by atoms with E-state index >= 15 is 0 Å². The van der Waals surface area contributed by atoms with Crippen molar-refractivity contribution in [3.8, 4) is 6.07 Å². The van der Waals surface area contributed by atoms with Crippen LogP contribution in [-0.2, 0) is 24.7 Å². The molecule has 2 heterocycles. The number of anilines is 1. The molecule has 1 aliphatic rings. The van der Waals surface area contributed by atoms with E-state index in [1.165, 1.54) is 23.1 Å². The number of nitrogens with one attached hydrogen (secondary N) is 1. The molecule has 0 fully saturated rings. The third-order valence-corrected chi connectivity index (χ3v) is 6.58. The molecule has 5 nitrogen and oxygen atoms in total. The average Bonchev–Trinajstić information content (AvgIpc) is 3.02. The predicted molar refractivity (Wildman–Crippen MR) is 97.4 cm³/mol. The summed E-state index contributed by atoms with van der Waals surface area (Å²) < 4.78 is 1.89. The van der Waals surface area contributed by atoms with E-state index in [4.69, 9.17) is 0 Å². The molecule has 0 spiro atoms. The highest BCUT2D eigenvalue weighted by Gasteiger charge is 2.23. The molecule has 126 valence electrons. The number of fused-ring (bicyclic) bond motifs is 1. The van der Waals surface area contributed by atoms with Gasteiger partial charge in [-0.2, -0.15) is 5.26 Å². The Morgan fingerprint density at radius 1 is 1.46 bits per heavy atom. The lowest BCUT2D eigenvalue weighted by Crippen LogP contribution is -2.22. The second kappa shape index (κ2) is 7.41. The number of hydrogen-bond acceptors (Lipinski definition) is 5. The van der Waals surface area contributed by atoms with Gasteiger partial charge in [0.25, 0.3) is 0 Å². The number of rotatable bonds is 4. The lowest BCUT2D eigenvalue weighted by molar-refractivity contribution is -0.115. The van der Waals surface area contributed by atoms with Crippen LogP contribution in [0.3, 0.4) is 0 Å². The summed E-state index contributed by atoms with van der Waals surface area (Å²) in [5, 5.41) is 13.7. The summed E-state index contributed by atoms with van der Waals surface area (Å²) in [7, 11) is 1.91. The number of hydrogen-bond donors (Lipinski definition) is 1. The van der Waals surface area contributed by atoms with Crippen LogP contribution in [0.1, 0.15) is 42.2 Å². The molecule has 7 heteroatoms. The van der Waals surface area contributed by atoms with Crippen molar-refractivity contribution in [1.29, 1.82) is 5.26 Å². The minimum absolute atomic E-state index is 0.0871. The maximum atomic E-state index is 12.5. The van der Waals surface area contributed by atoms with Crippen molar-refractivity contribution in [2.45, 2.75) is 49.4 Å². The molecule has 0 bridgehead atoms. The summed E-state index contributed by atoms with van der Waals surface area (Å²) in [6, 6.07) is 2.30. The number of nitriles is 1. The first kappa shape index (κ1) is 17.1. The molecule has 3 rings (SSSR count). The number of amides is 1. The second-order valence-electron chi connectivity index (χ2n) is 5.95. The molecule has 1 atom stereocenters. The summed E-state index contributed by atoms with van der Waals surface area (Å²) in [5.74, 6) is -0.0871. The summed E-state index contributed by atoms with van der Waals surface area (Å²) in [6.45, 7) is 1.86. The number of carbonyl (C=O) groups excluding carboxylic acids is 1. The number of carbonyl (C=O) groups is 1. The van der Waals surface area contributed by atoms with Gasteiger partial charge in [-0.05, 0) is 38.2 Å². The molecule has 24 heavy (non-hydrogen) atoms. The van der Waals surface area contributed by atoms with Crippen molar-refractivity contribution < 1.29 is 4.79 Å². The fourth-order valence-electron chi connectivity index (χ4n) is 2.84. The Balaban J connectivity index is 1.74. The van der Waals surface area contributed by atoms with Crippen LogP contribution in [0.2, 0.25) is 0 Å². The Morgan fingerprint density at radius 3 is 2.96 bits per heavy atom. The van der Waals surface area contributed by atoms with Gasteiger partial charge in [0.2, 0.25) is 5.91 Å². The molecule has 0 radical (unpaired) electrons. The Hall–Kier alpha value is -1.78. The van der Waals surface area contributed by atoms with Crippen molar-refractivity contribution in [3.05, 3.63) is 28.4 Å². The third kappa shape index (κ3) is 3.50. The van der Waals surface area contributed by atoms with Gasteiger partial charge < -0.3 is 9.88 Å². The van der Waals surface area contributed by atoms with Crippen molar-refractivity contribution in [1.82, 2.24) is 9.55 Å². The molecule has 0 saturated carbocycles. The Kier molecular flexibility index (Phi) is 5.27. The van der Waals surface area contributed by atoms with Gasteiger partial charge in [-0.1, -0.05) is 18.2 Å². The van der Waals surface area contributed by atoms with E-state index in [1.807, 2.05) is 24.7 Å². The third-order valence-electron chi connectivity index (χ3n) is 4.20. The van der Waals surface area contributed by atoms with Crippen molar-refractivity contribution in [2.24, 2.45) is 7.05 Å². The van der Waals surface area contributed by atoms with E-state index in [9.17, 15) is 10.1 Å². The van der Waals surface area contributed by atoms with Gasteiger partial charge in [-0.15, -0.1) is 11.3 Å². The van der Waals surface area contributed by atoms with Crippen molar-refractivity contribution in [2.75, 3.05) is 5.32 Å². The lowest BCUT2D eigenvalue weighted by Gasteiger charge is -2.11. The van der Waals surface area contributed by atoms with Gasteiger partial charge in [-0.25, -0.2) is 4.98 Å². The molecule has 1 amide bonds. The first-order chi connectivity index (χ1) is 11.6. The van der Waals surface area contributed by atoms with Gasteiger partial charge in [0.1, 0.15) is 11.1 Å². The zero-order valence-electron chi connectivity index (χ0n) is 13.8. The van der Waals surface area contributed by atoms with E-state index in [-0.39, 0.29) is 11.2 Å². The minimum Gasteiger partial charge on any atom is -0.329 e. The number of thioether (sulfide) groups is 1. The predicted octanol–water partition coefficient (Wildman–Crippen LogP) is 3.74. The number of nitrogens with zero attached hydrogens (tertiary/aromatic N) is 3. The first-order valence-electron chi connectivity index (χ1n) is 8.09.